The molecule has 1 aromatic rings. The molecule has 0 saturated heterocycles. The Morgan fingerprint density at radius 3 is 2.72 bits per heavy atom. The van der Waals surface area contributed by atoms with E-state index in [1.807, 2.05) is 22.6 Å². The van der Waals surface area contributed by atoms with Gasteiger partial charge in [0, 0.05) is 0 Å². The second-order valence-electron chi connectivity index (χ2n) is 3.31. The van der Waals surface area contributed by atoms with Crippen molar-refractivity contribution in [3.63, 3.8) is 0 Å². The normalized spacial score (nSPS) is 10.6. The number of aromatic nitrogens is 1. The number of rotatable bonds is 5. The average molecular weight is 371 g/mol. The molecule has 0 amide bonds. The Kier molecular flexibility index (Phi) is 5.70. The summed E-state index contributed by atoms with van der Waals surface area (Å²) >= 11 is 1.91. The molecule has 0 atom stereocenters. The second kappa shape index (κ2) is 6.81. The summed E-state index contributed by atoms with van der Waals surface area (Å²) in [7, 11) is 1.35. The van der Waals surface area contributed by atoms with Gasteiger partial charge in [0.15, 0.2) is 0 Å². The quantitative estimate of drug-likeness (QED) is 0.590. The molecule has 0 spiro atoms. The summed E-state index contributed by atoms with van der Waals surface area (Å²) in [4.78, 5) is 15.0. The Labute approximate surface area is 117 Å². The highest BCUT2D eigenvalue weighted by molar-refractivity contribution is 14.1. The summed E-state index contributed by atoms with van der Waals surface area (Å²) in [5.74, 6) is -0.430. The fourth-order valence-corrected chi connectivity index (χ4v) is 2.08. The number of alkyl halides is 2. The largest absolute Gasteiger partial charge is 0.480 e. The van der Waals surface area contributed by atoms with Crippen molar-refractivity contribution >= 4 is 28.6 Å². The maximum atomic E-state index is 12.8. The Bertz CT molecular complexity index is 441. The molecule has 18 heavy (non-hydrogen) atoms. The summed E-state index contributed by atoms with van der Waals surface area (Å²) in [6.07, 6.45) is -2.99. The fourth-order valence-electron chi connectivity index (χ4n) is 1.36. The first-order chi connectivity index (χ1) is 8.49. The van der Waals surface area contributed by atoms with Crippen LogP contribution >= 0.6 is 22.6 Å². The van der Waals surface area contributed by atoms with Crippen LogP contribution < -0.4 is 4.74 Å². The molecule has 0 aromatic carbocycles. The third-order valence-electron chi connectivity index (χ3n) is 2.10. The first kappa shape index (κ1) is 15.1. The molecule has 0 radical (unpaired) electrons. The fraction of sp³-hybridized carbons (Fsp3) is 0.455. The molecule has 0 aliphatic heterocycles. The van der Waals surface area contributed by atoms with E-state index < -0.39 is 18.1 Å². The van der Waals surface area contributed by atoms with Gasteiger partial charge in [0.2, 0.25) is 5.88 Å². The van der Waals surface area contributed by atoms with Crippen LogP contribution in [0.4, 0.5) is 8.78 Å². The highest BCUT2D eigenvalue weighted by atomic mass is 127. The van der Waals surface area contributed by atoms with Gasteiger partial charge < -0.3 is 9.47 Å². The van der Waals surface area contributed by atoms with Crippen LogP contribution in [0.3, 0.4) is 0 Å². The number of hydrogen-bond donors (Lipinski definition) is 0. The van der Waals surface area contributed by atoms with E-state index in [0.29, 0.717) is 3.57 Å². The molecule has 0 N–H and O–H groups in total. The van der Waals surface area contributed by atoms with Gasteiger partial charge in [0.05, 0.1) is 23.7 Å². The van der Waals surface area contributed by atoms with Gasteiger partial charge in [-0.2, -0.15) is 0 Å². The highest BCUT2D eigenvalue weighted by Gasteiger charge is 2.20. The molecule has 100 valence electrons. The van der Waals surface area contributed by atoms with Crippen LogP contribution in [-0.2, 0) is 16.0 Å². The molecule has 0 unspecified atom stereocenters. The van der Waals surface area contributed by atoms with Crippen molar-refractivity contribution in [2.45, 2.75) is 19.8 Å². The summed E-state index contributed by atoms with van der Waals surface area (Å²) in [6.45, 7) is 1.87. The molecule has 0 aliphatic rings. The maximum absolute atomic E-state index is 12.8. The number of nitrogens with zero attached hydrogens (tertiary/aromatic N) is 1. The molecule has 7 heteroatoms. The third kappa shape index (κ3) is 3.76. The van der Waals surface area contributed by atoms with Crippen molar-refractivity contribution in [3.8, 4) is 5.88 Å². The molecule has 4 nitrogen and oxygen atoms in total. The van der Waals surface area contributed by atoms with Crippen molar-refractivity contribution < 1.29 is 23.0 Å². The summed E-state index contributed by atoms with van der Waals surface area (Å²) in [5.41, 5.74) is -0.283. The predicted octanol–water partition coefficient (Wildman–Crippen LogP) is 2.74. The minimum atomic E-state index is -2.76. The van der Waals surface area contributed by atoms with E-state index in [9.17, 15) is 13.6 Å². The monoisotopic (exact) mass is 371 g/mol. The topological polar surface area (TPSA) is 48.4 Å². The van der Waals surface area contributed by atoms with E-state index in [2.05, 4.69) is 4.98 Å². The van der Waals surface area contributed by atoms with Crippen LogP contribution in [0.15, 0.2) is 6.07 Å². The minimum absolute atomic E-state index is 0.124. The lowest BCUT2D eigenvalue weighted by molar-refractivity contribution is -0.142. The number of carbonyl (C=O) groups excluding carboxylic acids is 1. The van der Waals surface area contributed by atoms with Crippen LogP contribution in [0.25, 0.3) is 0 Å². The molecule has 1 aromatic heterocycles. The third-order valence-corrected chi connectivity index (χ3v) is 2.87. The summed E-state index contributed by atoms with van der Waals surface area (Å²) in [6, 6.07) is 1.46. The number of ether oxygens (including phenoxy) is 2. The van der Waals surface area contributed by atoms with Crippen molar-refractivity contribution in [2.75, 3.05) is 13.7 Å². The SMILES string of the molecule is CCOC(=O)Cc1cc(I)c(OC)nc1C(F)F. The standard InChI is InChI=1S/C11H12F2INO3/c1-3-18-8(16)5-6-4-7(14)11(17-2)15-9(6)10(12)13/h4,10H,3,5H2,1-2H3. The maximum Gasteiger partial charge on any atom is 0.310 e. The van der Waals surface area contributed by atoms with E-state index >= 15 is 0 Å². The lowest BCUT2D eigenvalue weighted by Gasteiger charge is -2.11. The average Bonchev–Trinajstić information content (AvgIpc) is 2.29. The van der Waals surface area contributed by atoms with E-state index in [1.54, 1.807) is 6.92 Å². The van der Waals surface area contributed by atoms with Crippen LogP contribution in [0, 0.1) is 3.57 Å². The zero-order valence-electron chi connectivity index (χ0n) is 9.87. The number of carbonyl (C=O) groups is 1. The predicted molar refractivity (Wildman–Crippen MR) is 68.8 cm³/mol. The molecule has 0 fully saturated rings. The molecule has 1 rings (SSSR count). The zero-order chi connectivity index (χ0) is 13.7. The molecule has 0 aliphatic carbocycles. The van der Waals surface area contributed by atoms with Gasteiger partial charge in [-0.25, -0.2) is 13.8 Å². The van der Waals surface area contributed by atoms with Crippen molar-refractivity contribution in [3.05, 3.63) is 20.9 Å². The van der Waals surface area contributed by atoms with Gasteiger partial charge in [-0.15, -0.1) is 0 Å². The second-order valence-corrected chi connectivity index (χ2v) is 4.47. The molecule has 0 saturated carbocycles. The molecular formula is C11H12F2INO3. The van der Waals surface area contributed by atoms with Gasteiger partial charge in [-0.3, -0.25) is 4.79 Å². The number of hydrogen-bond acceptors (Lipinski definition) is 4. The van der Waals surface area contributed by atoms with Crippen molar-refractivity contribution in [2.24, 2.45) is 0 Å². The summed E-state index contributed by atoms with van der Waals surface area (Å²) in [5, 5.41) is 0. The zero-order valence-corrected chi connectivity index (χ0v) is 12.0. The summed E-state index contributed by atoms with van der Waals surface area (Å²) < 4.78 is 35.9. The Balaban J connectivity index is 3.09. The first-order valence-electron chi connectivity index (χ1n) is 5.16. The minimum Gasteiger partial charge on any atom is -0.480 e. The van der Waals surface area contributed by atoms with Gasteiger partial charge >= 0.3 is 5.97 Å². The smallest absolute Gasteiger partial charge is 0.310 e. The molecule has 1 heterocycles. The van der Waals surface area contributed by atoms with Gasteiger partial charge in [0.25, 0.3) is 6.43 Å². The van der Waals surface area contributed by atoms with E-state index in [1.165, 1.54) is 13.2 Å². The lowest BCUT2D eigenvalue weighted by atomic mass is 10.1. The van der Waals surface area contributed by atoms with E-state index in [-0.39, 0.29) is 24.5 Å². The number of halogens is 3. The Hall–Kier alpha value is -0.990. The van der Waals surface area contributed by atoms with Crippen molar-refractivity contribution in [1.29, 1.82) is 0 Å². The number of pyridine rings is 1. The van der Waals surface area contributed by atoms with E-state index in [0.717, 1.165) is 0 Å². The van der Waals surface area contributed by atoms with Crippen LogP contribution in [0.2, 0.25) is 0 Å². The van der Waals surface area contributed by atoms with Gasteiger partial charge in [0.1, 0.15) is 5.69 Å². The van der Waals surface area contributed by atoms with Crippen molar-refractivity contribution in [1.82, 2.24) is 4.98 Å². The van der Waals surface area contributed by atoms with E-state index in [4.69, 9.17) is 9.47 Å². The van der Waals surface area contributed by atoms with Crippen LogP contribution in [-0.4, -0.2) is 24.7 Å². The molecular weight excluding hydrogens is 359 g/mol. The highest BCUT2D eigenvalue weighted by Crippen LogP contribution is 2.28. The Morgan fingerprint density at radius 1 is 1.56 bits per heavy atom. The first-order valence-corrected chi connectivity index (χ1v) is 6.24. The lowest BCUT2D eigenvalue weighted by Crippen LogP contribution is -2.11. The van der Waals surface area contributed by atoms with Crippen LogP contribution in [0.5, 0.6) is 5.88 Å². The van der Waals surface area contributed by atoms with Gasteiger partial charge in [-0.1, -0.05) is 0 Å². The van der Waals surface area contributed by atoms with Crippen LogP contribution in [0.1, 0.15) is 24.6 Å². The number of methoxy groups -OCH3 is 1. The number of esters is 1. The van der Waals surface area contributed by atoms with Gasteiger partial charge in [-0.05, 0) is 41.1 Å². The Morgan fingerprint density at radius 2 is 2.22 bits per heavy atom. The molecule has 0 bridgehead atoms.